The number of nitrogens with zero attached hydrogens (tertiary/aromatic N) is 4. The van der Waals surface area contributed by atoms with E-state index in [1.165, 1.54) is 12.8 Å². The van der Waals surface area contributed by atoms with Gasteiger partial charge in [0.15, 0.2) is 0 Å². The Morgan fingerprint density at radius 1 is 1.32 bits per heavy atom. The SMILES string of the molecule is CC(C)n1ccc2c(NC3CC3)nc(N(C)C)nc21. The Labute approximate surface area is 113 Å². The lowest BCUT2D eigenvalue weighted by Gasteiger charge is -2.15. The fraction of sp³-hybridized carbons (Fsp3) is 0.571. The molecule has 0 aromatic carbocycles. The van der Waals surface area contributed by atoms with Crippen molar-refractivity contribution in [2.24, 2.45) is 0 Å². The van der Waals surface area contributed by atoms with Crippen molar-refractivity contribution in [3.8, 4) is 0 Å². The second kappa shape index (κ2) is 4.40. The molecule has 1 fully saturated rings. The first kappa shape index (κ1) is 12.3. The molecule has 5 nitrogen and oxygen atoms in total. The van der Waals surface area contributed by atoms with Gasteiger partial charge in [-0.2, -0.15) is 9.97 Å². The third-order valence-corrected chi connectivity index (χ3v) is 3.43. The third kappa shape index (κ3) is 2.25. The van der Waals surface area contributed by atoms with Crippen molar-refractivity contribution in [1.29, 1.82) is 0 Å². The second-order valence-electron chi connectivity index (χ2n) is 5.74. The zero-order valence-electron chi connectivity index (χ0n) is 12.0. The van der Waals surface area contributed by atoms with Crippen LogP contribution in [0.1, 0.15) is 32.7 Å². The van der Waals surface area contributed by atoms with Crippen molar-refractivity contribution in [2.45, 2.75) is 38.8 Å². The zero-order chi connectivity index (χ0) is 13.6. The predicted octanol–water partition coefficient (Wildman–Crippen LogP) is 2.65. The summed E-state index contributed by atoms with van der Waals surface area (Å²) in [7, 11) is 3.95. The highest BCUT2D eigenvalue weighted by Crippen LogP contribution is 2.30. The number of fused-ring (bicyclic) bond motifs is 1. The van der Waals surface area contributed by atoms with E-state index >= 15 is 0 Å². The van der Waals surface area contributed by atoms with Crippen molar-refractivity contribution in [1.82, 2.24) is 14.5 Å². The molecule has 5 heteroatoms. The maximum Gasteiger partial charge on any atom is 0.228 e. The van der Waals surface area contributed by atoms with Crippen LogP contribution in [0.3, 0.4) is 0 Å². The van der Waals surface area contributed by atoms with Gasteiger partial charge in [0.05, 0.1) is 5.39 Å². The summed E-state index contributed by atoms with van der Waals surface area (Å²) in [6.07, 6.45) is 4.59. The molecular weight excluding hydrogens is 238 g/mol. The van der Waals surface area contributed by atoms with E-state index in [0.29, 0.717) is 12.1 Å². The molecule has 0 amide bonds. The normalized spacial score (nSPS) is 15.2. The maximum absolute atomic E-state index is 4.68. The van der Waals surface area contributed by atoms with Crippen molar-refractivity contribution < 1.29 is 0 Å². The maximum atomic E-state index is 4.68. The van der Waals surface area contributed by atoms with Gasteiger partial charge in [0.25, 0.3) is 0 Å². The van der Waals surface area contributed by atoms with Gasteiger partial charge < -0.3 is 14.8 Å². The third-order valence-electron chi connectivity index (χ3n) is 3.43. The molecular formula is C14H21N5. The molecule has 2 aromatic heterocycles. The summed E-state index contributed by atoms with van der Waals surface area (Å²) in [5, 5.41) is 4.63. The van der Waals surface area contributed by atoms with E-state index in [1.54, 1.807) is 0 Å². The van der Waals surface area contributed by atoms with Crippen LogP contribution in [0.15, 0.2) is 12.3 Å². The number of anilines is 2. The predicted molar refractivity (Wildman–Crippen MR) is 78.9 cm³/mol. The molecule has 19 heavy (non-hydrogen) atoms. The lowest BCUT2D eigenvalue weighted by molar-refractivity contribution is 0.617. The largest absolute Gasteiger partial charge is 0.367 e. The Morgan fingerprint density at radius 3 is 2.63 bits per heavy atom. The number of hydrogen-bond acceptors (Lipinski definition) is 4. The fourth-order valence-corrected chi connectivity index (χ4v) is 2.17. The lowest BCUT2D eigenvalue weighted by Crippen LogP contribution is -2.15. The minimum atomic E-state index is 0.399. The first-order chi connectivity index (χ1) is 9.06. The molecule has 1 N–H and O–H groups in total. The van der Waals surface area contributed by atoms with Crippen LogP contribution < -0.4 is 10.2 Å². The van der Waals surface area contributed by atoms with Gasteiger partial charge in [-0.3, -0.25) is 0 Å². The van der Waals surface area contributed by atoms with Crippen LogP contribution in [0.5, 0.6) is 0 Å². The molecule has 1 aliphatic carbocycles. The molecule has 1 aliphatic rings. The molecule has 1 saturated carbocycles. The van der Waals surface area contributed by atoms with Crippen LogP contribution in [0.25, 0.3) is 11.0 Å². The van der Waals surface area contributed by atoms with Gasteiger partial charge in [-0.15, -0.1) is 0 Å². The standard InChI is InChI=1S/C14H21N5/c1-9(2)19-8-7-11-12(15-10-5-6-10)16-14(18(3)4)17-13(11)19/h7-10H,5-6H2,1-4H3,(H,15,16,17). The summed E-state index contributed by atoms with van der Waals surface area (Å²) in [4.78, 5) is 11.3. The average Bonchev–Trinajstić information content (AvgIpc) is 3.05. The fourth-order valence-electron chi connectivity index (χ4n) is 2.17. The molecule has 0 radical (unpaired) electrons. The smallest absolute Gasteiger partial charge is 0.228 e. The van der Waals surface area contributed by atoms with Crippen LogP contribution in [0, 0.1) is 0 Å². The Kier molecular flexibility index (Phi) is 2.84. The van der Waals surface area contributed by atoms with Crippen LogP contribution in [-0.4, -0.2) is 34.7 Å². The summed E-state index contributed by atoms with van der Waals surface area (Å²) >= 11 is 0. The Balaban J connectivity index is 2.15. The van der Waals surface area contributed by atoms with Gasteiger partial charge in [0.1, 0.15) is 11.5 Å². The summed E-state index contributed by atoms with van der Waals surface area (Å²) in [6, 6.07) is 3.10. The van der Waals surface area contributed by atoms with Crippen molar-refractivity contribution in [3.63, 3.8) is 0 Å². The summed E-state index contributed by atoms with van der Waals surface area (Å²) in [5.74, 6) is 1.73. The summed E-state index contributed by atoms with van der Waals surface area (Å²) in [6.45, 7) is 4.34. The van der Waals surface area contributed by atoms with Crippen LogP contribution in [0.4, 0.5) is 11.8 Å². The molecule has 0 atom stereocenters. The quantitative estimate of drug-likeness (QED) is 0.917. The van der Waals surface area contributed by atoms with Crippen LogP contribution in [-0.2, 0) is 0 Å². The molecule has 0 aliphatic heterocycles. The molecule has 2 aromatic rings. The molecule has 0 saturated heterocycles. The van der Waals surface area contributed by atoms with Crippen LogP contribution in [0.2, 0.25) is 0 Å². The average molecular weight is 259 g/mol. The van der Waals surface area contributed by atoms with Gasteiger partial charge in [0, 0.05) is 32.4 Å². The van der Waals surface area contributed by atoms with E-state index < -0.39 is 0 Å². The highest BCUT2D eigenvalue weighted by atomic mass is 15.3. The number of rotatable bonds is 4. The molecule has 3 rings (SSSR count). The molecule has 0 unspecified atom stereocenters. The first-order valence-electron chi connectivity index (χ1n) is 6.88. The van der Waals surface area contributed by atoms with E-state index in [9.17, 15) is 0 Å². The van der Waals surface area contributed by atoms with Gasteiger partial charge in [-0.25, -0.2) is 0 Å². The van der Waals surface area contributed by atoms with E-state index in [2.05, 4.69) is 46.0 Å². The number of aromatic nitrogens is 3. The van der Waals surface area contributed by atoms with E-state index in [1.807, 2.05) is 19.0 Å². The van der Waals surface area contributed by atoms with Crippen molar-refractivity contribution in [3.05, 3.63) is 12.3 Å². The Morgan fingerprint density at radius 2 is 2.05 bits per heavy atom. The highest BCUT2D eigenvalue weighted by Gasteiger charge is 2.23. The second-order valence-corrected chi connectivity index (χ2v) is 5.74. The van der Waals surface area contributed by atoms with Crippen molar-refractivity contribution >= 4 is 22.8 Å². The number of nitrogens with one attached hydrogen (secondary N) is 1. The number of hydrogen-bond donors (Lipinski definition) is 1. The van der Waals surface area contributed by atoms with Gasteiger partial charge in [0.2, 0.25) is 5.95 Å². The minimum absolute atomic E-state index is 0.399. The Hall–Kier alpha value is -1.78. The zero-order valence-corrected chi connectivity index (χ0v) is 12.0. The first-order valence-corrected chi connectivity index (χ1v) is 6.88. The molecule has 0 bridgehead atoms. The van der Waals surface area contributed by atoms with Gasteiger partial charge in [-0.1, -0.05) is 0 Å². The van der Waals surface area contributed by atoms with Crippen molar-refractivity contribution in [2.75, 3.05) is 24.3 Å². The summed E-state index contributed by atoms with van der Waals surface area (Å²) in [5.41, 5.74) is 1.01. The van der Waals surface area contributed by atoms with E-state index in [4.69, 9.17) is 0 Å². The molecule has 102 valence electrons. The van der Waals surface area contributed by atoms with Gasteiger partial charge in [-0.05, 0) is 32.8 Å². The topological polar surface area (TPSA) is 46.0 Å². The lowest BCUT2D eigenvalue weighted by atomic mass is 10.3. The van der Waals surface area contributed by atoms with E-state index in [0.717, 1.165) is 22.8 Å². The highest BCUT2D eigenvalue weighted by molar-refractivity contribution is 5.89. The summed E-state index contributed by atoms with van der Waals surface area (Å²) < 4.78 is 2.20. The van der Waals surface area contributed by atoms with Crippen LogP contribution >= 0.6 is 0 Å². The minimum Gasteiger partial charge on any atom is -0.367 e. The Bertz CT molecular complexity index is 595. The molecule has 0 spiro atoms. The van der Waals surface area contributed by atoms with Gasteiger partial charge >= 0.3 is 0 Å². The monoisotopic (exact) mass is 259 g/mol. The molecule has 2 heterocycles. The van der Waals surface area contributed by atoms with E-state index in [-0.39, 0.29) is 0 Å².